The Bertz CT molecular complexity index is 2620. The lowest BCUT2D eigenvalue weighted by Gasteiger charge is -2.40. The molecule has 320 valence electrons. The van der Waals surface area contributed by atoms with Gasteiger partial charge in [0.2, 0.25) is 17.8 Å². The van der Waals surface area contributed by atoms with E-state index >= 15 is 0 Å². The van der Waals surface area contributed by atoms with E-state index in [1.165, 1.54) is 11.3 Å². The Morgan fingerprint density at radius 3 is 2.37 bits per heavy atom. The first kappa shape index (κ1) is 39.8. The normalized spacial score (nSPS) is 20.8. The van der Waals surface area contributed by atoms with Gasteiger partial charge in [-0.15, -0.1) is 6.58 Å². The van der Waals surface area contributed by atoms with E-state index < -0.39 is 6.04 Å². The topological polar surface area (TPSA) is 154 Å². The third-order valence-corrected chi connectivity index (χ3v) is 13.7. The third kappa shape index (κ3) is 7.41. The number of carbonyl (C=O) groups is 3. The zero-order valence-electron chi connectivity index (χ0n) is 35.3. The second-order valence-corrected chi connectivity index (χ2v) is 17.4. The van der Waals surface area contributed by atoms with Crippen LogP contribution in [-0.2, 0) is 29.1 Å². The van der Waals surface area contributed by atoms with Crippen LogP contribution in [0.1, 0.15) is 78.5 Å². The van der Waals surface area contributed by atoms with Gasteiger partial charge in [-0.25, -0.2) is 19.3 Å². The van der Waals surface area contributed by atoms with Crippen molar-refractivity contribution in [3.8, 4) is 5.82 Å². The van der Waals surface area contributed by atoms with Crippen molar-refractivity contribution in [2.45, 2.75) is 76.9 Å². The molecule has 0 bridgehead atoms. The van der Waals surface area contributed by atoms with E-state index in [1.54, 1.807) is 21.9 Å². The molecule has 3 saturated heterocycles. The van der Waals surface area contributed by atoms with E-state index in [1.807, 2.05) is 22.9 Å². The molecule has 3 amide bonds. The number of piperidine rings is 2. The van der Waals surface area contributed by atoms with E-state index in [4.69, 9.17) is 9.97 Å². The Morgan fingerprint density at radius 2 is 1.61 bits per heavy atom. The highest BCUT2D eigenvalue weighted by Gasteiger charge is 2.39. The van der Waals surface area contributed by atoms with Gasteiger partial charge in [-0.2, -0.15) is 4.98 Å². The minimum atomic E-state index is -0.597. The number of fused-ring (bicyclic) bond motifs is 3. The minimum Gasteiger partial charge on any atom is -0.372 e. The Kier molecular flexibility index (Phi) is 10.6. The van der Waals surface area contributed by atoms with Gasteiger partial charge in [0.25, 0.3) is 11.5 Å². The first-order valence-corrected chi connectivity index (χ1v) is 22.2. The van der Waals surface area contributed by atoms with Gasteiger partial charge in [0.15, 0.2) is 11.5 Å². The van der Waals surface area contributed by atoms with Crippen molar-refractivity contribution >= 4 is 51.8 Å². The van der Waals surface area contributed by atoms with Crippen LogP contribution in [0.4, 0.5) is 23.0 Å². The van der Waals surface area contributed by atoms with E-state index in [2.05, 4.69) is 80.2 Å². The van der Waals surface area contributed by atoms with Crippen LogP contribution < -0.4 is 26.0 Å². The van der Waals surface area contributed by atoms with Crippen molar-refractivity contribution in [2.24, 2.45) is 5.92 Å². The van der Waals surface area contributed by atoms with Gasteiger partial charge in [0.05, 0.1) is 6.54 Å². The molecule has 0 spiro atoms. The van der Waals surface area contributed by atoms with Crippen LogP contribution >= 0.6 is 0 Å². The predicted molar refractivity (Wildman–Crippen MR) is 238 cm³/mol. The Balaban J connectivity index is 0.728. The molecule has 3 aromatic heterocycles. The van der Waals surface area contributed by atoms with Gasteiger partial charge in [0.1, 0.15) is 11.4 Å². The van der Waals surface area contributed by atoms with Gasteiger partial charge in [0, 0.05) is 99.2 Å². The van der Waals surface area contributed by atoms with Crippen LogP contribution in [0.5, 0.6) is 0 Å². The summed E-state index contributed by atoms with van der Waals surface area (Å²) in [5, 5.41) is 6.18. The summed E-state index contributed by atoms with van der Waals surface area (Å²) >= 11 is 0. The molecular weight excluding hydrogens is 783 g/mol. The Morgan fingerprint density at radius 1 is 0.839 bits per heavy atom. The lowest BCUT2D eigenvalue weighted by molar-refractivity contribution is -0.136. The summed E-state index contributed by atoms with van der Waals surface area (Å²) in [6.07, 6.45) is 9.34. The number of carbonyl (C=O) groups excluding carboxylic acids is 3. The molecule has 5 aliphatic rings. The quantitative estimate of drug-likeness (QED) is 0.134. The number of pyridine rings is 1. The lowest BCUT2D eigenvalue weighted by Crippen LogP contribution is -2.52. The Hall–Kier alpha value is -6.35. The highest BCUT2D eigenvalue weighted by Crippen LogP contribution is 2.35. The van der Waals surface area contributed by atoms with Crippen LogP contribution in [0.25, 0.3) is 16.9 Å². The first-order chi connectivity index (χ1) is 30.2. The van der Waals surface area contributed by atoms with E-state index in [9.17, 15) is 19.2 Å². The van der Waals surface area contributed by atoms with Crippen molar-refractivity contribution in [1.29, 1.82) is 0 Å². The zero-order valence-corrected chi connectivity index (χ0v) is 35.3. The van der Waals surface area contributed by atoms with Gasteiger partial charge in [-0.3, -0.25) is 29.4 Å². The number of allylic oxidation sites excluding steroid dienone is 1. The number of imide groups is 1. The number of aromatic nitrogens is 5. The Labute approximate surface area is 360 Å². The molecule has 0 saturated carbocycles. The van der Waals surface area contributed by atoms with Crippen molar-refractivity contribution in [1.82, 2.24) is 39.4 Å². The summed E-state index contributed by atoms with van der Waals surface area (Å²) < 4.78 is 3.44. The fourth-order valence-corrected chi connectivity index (χ4v) is 10.2. The average molecular weight is 836 g/mol. The number of hydrogen-bond acceptors (Lipinski definition) is 11. The summed E-state index contributed by atoms with van der Waals surface area (Å²) in [5.41, 5.74) is 7.51. The largest absolute Gasteiger partial charge is 0.372 e. The van der Waals surface area contributed by atoms with Crippen molar-refractivity contribution in [3.63, 3.8) is 0 Å². The van der Waals surface area contributed by atoms with E-state index in [0.29, 0.717) is 59.7 Å². The highest BCUT2D eigenvalue weighted by molar-refractivity contribution is 6.05. The fraction of sp³-hybridized carbons (Fsp3) is 0.426. The van der Waals surface area contributed by atoms with Gasteiger partial charge >= 0.3 is 0 Å². The summed E-state index contributed by atoms with van der Waals surface area (Å²) in [5.74, 6) is 1.35. The maximum absolute atomic E-state index is 13.5. The van der Waals surface area contributed by atoms with E-state index in [-0.39, 0.29) is 29.7 Å². The number of nitrogens with zero attached hydrogens (tertiary/aromatic N) is 9. The minimum absolute atomic E-state index is 0.131. The first-order valence-electron chi connectivity index (χ1n) is 22.2. The second-order valence-electron chi connectivity index (χ2n) is 17.4. The monoisotopic (exact) mass is 835 g/mol. The molecule has 7 heterocycles. The van der Waals surface area contributed by atoms with Crippen LogP contribution in [0.3, 0.4) is 0 Å². The van der Waals surface area contributed by atoms with Crippen molar-refractivity contribution in [3.05, 3.63) is 106 Å². The SMILES string of the molecule is C=CCn1c(=O)c2cnc(Nc3ccc(N4CCN(CC5CCN(c6ccc7c(c6)CN(C6CCC(=O)NC6=O)C7=O)CC5)CC4)cc3)nc2n1-c1ccc2c(n1)C(CC)CC2. The molecule has 2 N–H and O–H groups in total. The average Bonchev–Trinajstić information content (AvgIpc) is 3.94. The molecule has 15 heteroatoms. The molecule has 5 aromatic rings. The zero-order chi connectivity index (χ0) is 42.5. The third-order valence-electron chi connectivity index (χ3n) is 13.7. The molecule has 10 rings (SSSR count). The molecule has 4 aliphatic heterocycles. The van der Waals surface area contributed by atoms with Gasteiger partial charge in [-0.05, 0) is 104 Å². The predicted octanol–water partition coefficient (Wildman–Crippen LogP) is 5.15. The van der Waals surface area contributed by atoms with Crippen LogP contribution in [-0.4, -0.2) is 104 Å². The molecule has 2 unspecified atom stereocenters. The van der Waals surface area contributed by atoms with Crippen LogP contribution in [0.2, 0.25) is 0 Å². The summed E-state index contributed by atoms with van der Waals surface area (Å²) in [6, 6.07) is 18.0. The van der Waals surface area contributed by atoms with Gasteiger partial charge in [-0.1, -0.05) is 19.1 Å². The number of benzene rings is 2. The standard InChI is InChI=1S/C47H53N11O4/c1-3-19-57-46(62)38-27-48-47(52-43(38)58(57)40-15-7-32-6-5-31(4-2)42(32)50-40)49-34-8-10-35(11-9-34)55-24-22-53(23-25-55)28-30-17-20-54(21-18-30)36-12-13-37-33(26-36)29-56(45(37)61)39-14-16-41(59)51-44(39)60/h3,7-13,15,26-27,30-31,39H,1,4-6,14,16-25,28-29H2,2H3,(H,48,49,52)(H,51,59,60). The fourth-order valence-electron chi connectivity index (χ4n) is 10.2. The maximum atomic E-state index is 13.5. The molecule has 0 radical (unpaired) electrons. The maximum Gasteiger partial charge on any atom is 0.278 e. The van der Waals surface area contributed by atoms with E-state index in [0.717, 1.165) is 101 Å². The molecular formula is C47H53N11O4. The summed E-state index contributed by atoms with van der Waals surface area (Å²) in [6.45, 7) is 13.8. The molecule has 2 atom stereocenters. The van der Waals surface area contributed by atoms with Crippen LogP contribution in [0, 0.1) is 5.92 Å². The molecule has 62 heavy (non-hydrogen) atoms. The number of amides is 3. The molecule has 15 nitrogen and oxygen atoms in total. The number of hydrogen-bond donors (Lipinski definition) is 2. The number of aryl methyl sites for hydroxylation is 1. The molecule has 3 fully saturated rings. The number of nitrogens with one attached hydrogen (secondary N) is 2. The number of rotatable bonds is 11. The molecule has 2 aromatic carbocycles. The van der Waals surface area contributed by atoms with Gasteiger partial charge < -0.3 is 20.0 Å². The molecule has 1 aliphatic carbocycles. The van der Waals surface area contributed by atoms with Crippen LogP contribution in [0.15, 0.2) is 78.2 Å². The smallest absolute Gasteiger partial charge is 0.278 e. The lowest BCUT2D eigenvalue weighted by atomic mass is 9.95. The summed E-state index contributed by atoms with van der Waals surface area (Å²) in [4.78, 5) is 74.4. The highest BCUT2D eigenvalue weighted by atomic mass is 16.2. The van der Waals surface area contributed by atoms with Crippen molar-refractivity contribution in [2.75, 3.05) is 60.9 Å². The number of piperazine rings is 1. The second kappa shape index (κ2) is 16.5. The number of anilines is 4. The summed E-state index contributed by atoms with van der Waals surface area (Å²) in [7, 11) is 0. The van der Waals surface area contributed by atoms with Crippen molar-refractivity contribution < 1.29 is 14.4 Å².